The van der Waals surface area contributed by atoms with Crippen LogP contribution in [0.5, 0.6) is 0 Å². The van der Waals surface area contributed by atoms with Crippen LogP contribution < -0.4 is 0 Å². The number of hydrogen-bond donors (Lipinski definition) is 0. The lowest BCUT2D eigenvalue weighted by Crippen LogP contribution is -2.66. The summed E-state index contributed by atoms with van der Waals surface area (Å²) in [6.45, 7) is 0. The number of carbonyl (C=O) groups excluding carboxylic acids is 4. The van der Waals surface area contributed by atoms with Crippen molar-refractivity contribution < 1.29 is 54.3 Å². The van der Waals surface area contributed by atoms with Crippen molar-refractivity contribution >= 4 is 86.2 Å². The zero-order valence-electron chi connectivity index (χ0n) is 24.0. The third-order valence-electron chi connectivity index (χ3n) is 7.92. The number of carbonyl (C=O) groups is 4. The molecule has 0 unspecified atom stereocenters. The first-order valence-corrected chi connectivity index (χ1v) is 15.6. The summed E-state index contributed by atoms with van der Waals surface area (Å²) in [4.78, 5) is 49.8. The predicted octanol–water partition coefficient (Wildman–Crippen LogP) is 9.95. The Morgan fingerprint density at radius 1 is 0.458 bits per heavy atom. The van der Waals surface area contributed by atoms with E-state index in [1.165, 1.54) is 46.9 Å². The van der Waals surface area contributed by atoms with Crippen molar-refractivity contribution in [3.8, 4) is 0 Å². The van der Waals surface area contributed by atoms with E-state index in [2.05, 4.69) is 0 Å². The Morgan fingerprint density at radius 3 is 1.17 bits per heavy atom. The molecule has 48 heavy (non-hydrogen) atoms. The summed E-state index contributed by atoms with van der Waals surface area (Å²) in [6.07, 6.45) is -4.08. The monoisotopic (exact) mass is 706 g/mol. The molecule has 2 aromatic heterocycles. The molecule has 4 nitrogen and oxygen atoms in total. The Kier molecular flexibility index (Phi) is 8.02. The van der Waals surface area contributed by atoms with E-state index >= 15 is 0 Å². The molecule has 14 heteroatoms. The first-order valence-electron chi connectivity index (χ1n) is 13.9. The van der Waals surface area contributed by atoms with Gasteiger partial charge in [0.25, 0.3) is 0 Å². The number of ketones is 4. The predicted molar refractivity (Wildman–Crippen MR) is 166 cm³/mol. The number of hydrogen-bond acceptors (Lipinski definition) is 6. The van der Waals surface area contributed by atoms with Gasteiger partial charge < -0.3 is 0 Å². The Hall–Kier alpha value is -4.56. The second kappa shape index (κ2) is 11.5. The molecule has 0 N–H and O–H groups in total. The summed E-state index contributed by atoms with van der Waals surface area (Å²) < 4.78 is 120. The minimum Gasteiger partial charge on any atom is -0.294 e. The zero-order chi connectivity index (χ0) is 34.8. The number of fused-ring (bicyclic) bond motifs is 6. The van der Waals surface area contributed by atoms with E-state index in [-0.39, 0.29) is 0 Å². The molecule has 0 fully saturated rings. The molecule has 0 amide bonds. The molecule has 0 aliphatic heterocycles. The van der Waals surface area contributed by atoms with Crippen molar-refractivity contribution in [1.29, 1.82) is 0 Å². The van der Waals surface area contributed by atoms with Gasteiger partial charge in [0.1, 0.15) is 0 Å². The highest BCUT2D eigenvalue weighted by Crippen LogP contribution is 2.54. The molecule has 2 heterocycles. The lowest BCUT2D eigenvalue weighted by molar-refractivity contribution is -0.346. The van der Waals surface area contributed by atoms with Gasteiger partial charge in [0, 0.05) is 51.5 Å². The van der Waals surface area contributed by atoms with Crippen molar-refractivity contribution in [2.75, 3.05) is 0 Å². The summed E-state index contributed by atoms with van der Waals surface area (Å²) in [7, 11) is 0. The number of alkyl halides is 8. The lowest BCUT2D eigenvalue weighted by atomic mass is 9.89. The molecule has 0 saturated heterocycles. The highest BCUT2D eigenvalue weighted by molar-refractivity contribution is 7.26. The molecule has 6 aromatic rings. The van der Waals surface area contributed by atoms with Crippen LogP contribution in [-0.4, -0.2) is 46.8 Å². The average Bonchev–Trinajstić information content (AvgIpc) is 3.61. The van der Waals surface area contributed by atoms with Gasteiger partial charge in [0.05, 0.1) is 12.8 Å². The minimum atomic E-state index is -7.15. The van der Waals surface area contributed by atoms with Crippen LogP contribution in [0.1, 0.15) is 33.6 Å². The third kappa shape index (κ3) is 5.17. The second-order valence-electron chi connectivity index (χ2n) is 11.0. The van der Waals surface area contributed by atoms with Gasteiger partial charge in [-0.15, -0.1) is 22.7 Å². The maximum Gasteiger partial charge on any atom is 0.386 e. The van der Waals surface area contributed by atoms with Gasteiger partial charge in [0.15, 0.2) is 11.6 Å². The molecule has 0 saturated carbocycles. The quantitative estimate of drug-likeness (QED) is 0.0765. The van der Waals surface area contributed by atoms with Gasteiger partial charge in [-0.1, -0.05) is 36.4 Å². The van der Waals surface area contributed by atoms with Gasteiger partial charge in [-0.2, -0.15) is 35.1 Å². The van der Waals surface area contributed by atoms with E-state index in [4.69, 9.17) is 0 Å². The standard InChI is InChI=1S/C34H18F8O4S2/c35-31(36,29(45)15-23(43)17-9-11-27-21(13-17)19-5-1-3-7-25(19)47-27)33(39,40)34(41,42)32(37,38)30(46)16-24(44)18-10-12-28-22(14-18)20-6-2-4-8-26(20)48-28/h1-14H,15-16H2. The summed E-state index contributed by atoms with van der Waals surface area (Å²) in [6, 6.07) is 21.2. The minimum absolute atomic E-state index is 0.391. The highest BCUT2D eigenvalue weighted by Gasteiger charge is 2.83. The maximum absolute atomic E-state index is 14.7. The Labute approximate surface area is 272 Å². The fraction of sp³-hybridized carbons (Fsp3) is 0.176. The van der Waals surface area contributed by atoms with E-state index < -0.39 is 70.8 Å². The average molecular weight is 707 g/mol. The van der Waals surface area contributed by atoms with E-state index in [0.29, 0.717) is 30.9 Å². The number of halogens is 8. The fourth-order valence-corrected chi connectivity index (χ4v) is 7.43. The molecular weight excluding hydrogens is 688 g/mol. The van der Waals surface area contributed by atoms with Gasteiger partial charge in [-0.25, -0.2) is 0 Å². The molecule has 0 aliphatic rings. The smallest absolute Gasteiger partial charge is 0.294 e. The van der Waals surface area contributed by atoms with Gasteiger partial charge in [0.2, 0.25) is 11.6 Å². The highest BCUT2D eigenvalue weighted by atomic mass is 32.1. The number of thiophene rings is 2. The first kappa shape index (κ1) is 33.3. The maximum atomic E-state index is 14.7. The number of benzene rings is 4. The van der Waals surface area contributed by atoms with Gasteiger partial charge in [-0.05, 0) is 48.5 Å². The molecule has 246 valence electrons. The van der Waals surface area contributed by atoms with Crippen LogP contribution >= 0.6 is 22.7 Å². The van der Waals surface area contributed by atoms with Gasteiger partial charge in [-0.3, -0.25) is 19.2 Å². The van der Waals surface area contributed by atoms with E-state index in [0.717, 1.165) is 21.5 Å². The fourth-order valence-electron chi connectivity index (χ4n) is 5.26. The SMILES string of the molecule is O=C(CC(=O)C(F)(F)C(F)(F)C(F)(F)C(F)(F)C(=O)CC(=O)c1ccc2sc3ccccc3c2c1)c1ccc2sc3ccccc3c2c1. The largest absolute Gasteiger partial charge is 0.386 e. The van der Waals surface area contributed by atoms with Crippen molar-refractivity contribution in [3.05, 3.63) is 96.1 Å². The van der Waals surface area contributed by atoms with Crippen molar-refractivity contribution in [2.24, 2.45) is 0 Å². The molecule has 6 rings (SSSR count). The van der Waals surface area contributed by atoms with Crippen LogP contribution in [0, 0.1) is 0 Å². The summed E-state index contributed by atoms with van der Waals surface area (Å²) >= 11 is 2.63. The van der Waals surface area contributed by atoms with Crippen LogP contribution in [0.25, 0.3) is 40.3 Å². The Morgan fingerprint density at radius 2 is 0.792 bits per heavy atom. The molecule has 4 aromatic carbocycles. The molecule has 0 bridgehead atoms. The number of Topliss-reactive ketones (excluding diaryl/α,β-unsaturated/α-hetero) is 4. The van der Waals surface area contributed by atoms with Crippen LogP contribution in [-0.2, 0) is 9.59 Å². The van der Waals surface area contributed by atoms with Crippen molar-refractivity contribution in [1.82, 2.24) is 0 Å². The van der Waals surface area contributed by atoms with Gasteiger partial charge >= 0.3 is 23.7 Å². The van der Waals surface area contributed by atoms with Crippen LogP contribution in [0.3, 0.4) is 0 Å². The molecule has 0 radical (unpaired) electrons. The lowest BCUT2D eigenvalue weighted by Gasteiger charge is -2.35. The Bertz CT molecular complexity index is 2140. The summed E-state index contributed by atoms with van der Waals surface area (Å²) in [5.74, 6) is -36.4. The number of rotatable bonds is 11. The first-order chi connectivity index (χ1) is 22.5. The van der Waals surface area contributed by atoms with Crippen molar-refractivity contribution in [2.45, 2.75) is 36.5 Å². The van der Waals surface area contributed by atoms with Crippen LogP contribution in [0.2, 0.25) is 0 Å². The van der Waals surface area contributed by atoms with Crippen LogP contribution in [0.4, 0.5) is 35.1 Å². The second-order valence-corrected chi connectivity index (χ2v) is 13.1. The molecule has 0 aliphatic carbocycles. The zero-order valence-corrected chi connectivity index (χ0v) is 25.6. The van der Waals surface area contributed by atoms with Crippen LogP contribution in [0.15, 0.2) is 84.9 Å². The molecule has 0 atom stereocenters. The van der Waals surface area contributed by atoms with E-state index in [1.54, 1.807) is 48.5 Å². The third-order valence-corrected chi connectivity index (χ3v) is 10.2. The summed E-state index contributed by atoms with van der Waals surface area (Å²) in [5, 5.41) is 2.24. The summed E-state index contributed by atoms with van der Waals surface area (Å²) in [5.41, 5.74) is -0.782. The Balaban J connectivity index is 1.20. The molecule has 0 spiro atoms. The van der Waals surface area contributed by atoms with E-state index in [9.17, 15) is 54.3 Å². The molecular formula is C34H18F8O4S2. The normalized spacial score (nSPS) is 13.1. The van der Waals surface area contributed by atoms with E-state index in [1.807, 2.05) is 0 Å². The topological polar surface area (TPSA) is 68.3 Å². The van der Waals surface area contributed by atoms with Crippen molar-refractivity contribution in [3.63, 3.8) is 0 Å².